The topological polar surface area (TPSA) is 92.8 Å². The van der Waals surface area contributed by atoms with Gasteiger partial charge in [0.15, 0.2) is 6.61 Å². The number of nitrogens with zero attached hydrogens (tertiary/aromatic N) is 1. The van der Waals surface area contributed by atoms with Gasteiger partial charge in [-0.3, -0.25) is 4.79 Å². The van der Waals surface area contributed by atoms with Crippen molar-refractivity contribution in [1.29, 1.82) is 0 Å². The minimum absolute atomic E-state index is 0.222. The van der Waals surface area contributed by atoms with E-state index in [0.717, 1.165) is 0 Å². The molecule has 3 aromatic rings. The number of hydrazone groups is 1. The zero-order chi connectivity index (χ0) is 20.8. The molecule has 9 heteroatoms. The molecule has 0 saturated carbocycles. The van der Waals surface area contributed by atoms with Gasteiger partial charge in [-0.05, 0) is 43.3 Å². The van der Waals surface area contributed by atoms with Gasteiger partial charge in [-0.1, -0.05) is 29.3 Å². The van der Waals surface area contributed by atoms with Gasteiger partial charge in [-0.25, -0.2) is 10.2 Å². The third-order valence-corrected chi connectivity index (χ3v) is 4.33. The number of carbonyl (C=O) groups is 2. The zero-order valence-electron chi connectivity index (χ0n) is 15.4. The molecule has 29 heavy (non-hydrogen) atoms. The number of amides is 1. The largest absolute Gasteiger partial charge is 0.484 e. The van der Waals surface area contributed by atoms with Crippen LogP contribution in [0.5, 0.6) is 5.75 Å². The number of halogens is 2. The molecule has 0 aliphatic rings. The Hall–Kier alpha value is -3.03. The third-order valence-electron chi connectivity index (χ3n) is 3.85. The summed E-state index contributed by atoms with van der Waals surface area (Å²) < 4.78 is 10.4. The minimum atomic E-state index is -0.529. The summed E-state index contributed by atoms with van der Waals surface area (Å²) in [7, 11) is 0. The molecular formula is C20H17Cl2N3O4. The SMILES string of the molecule is CCOC(=O)c1[nH]c2cc(Cl)ccc2c1/C=N/NC(=O)COc1ccc(Cl)cc1. The Labute approximate surface area is 176 Å². The summed E-state index contributed by atoms with van der Waals surface area (Å²) in [5.74, 6) is -0.484. The lowest BCUT2D eigenvalue weighted by atomic mass is 10.1. The van der Waals surface area contributed by atoms with Gasteiger partial charge in [0.05, 0.1) is 12.8 Å². The lowest BCUT2D eigenvalue weighted by Gasteiger charge is -2.05. The molecule has 1 aromatic heterocycles. The maximum absolute atomic E-state index is 12.2. The number of H-pyrrole nitrogens is 1. The van der Waals surface area contributed by atoms with E-state index in [1.807, 2.05) is 0 Å². The van der Waals surface area contributed by atoms with Crippen molar-refractivity contribution in [2.45, 2.75) is 6.92 Å². The molecule has 0 spiro atoms. The number of benzene rings is 2. The Morgan fingerprint density at radius 1 is 1.14 bits per heavy atom. The Kier molecular flexibility index (Phi) is 6.74. The van der Waals surface area contributed by atoms with Gasteiger partial charge in [0, 0.05) is 26.5 Å². The number of ether oxygens (including phenoxy) is 2. The Morgan fingerprint density at radius 3 is 2.59 bits per heavy atom. The van der Waals surface area contributed by atoms with Crippen LogP contribution in [0.3, 0.4) is 0 Å². The second kappa shape index (κ2) is 9.45. The first-order chi connectivity index (χ1) is 14.0. The van der Waals surface area contributed by atoms with Crippen molar-refractivity contribution in [3.8, 4) is 5.75 Å². The van der Waals surface area contributed by atoms with Gasteiger partial charge < -0.3 is 14.5 Å². The van der Waals surface area contributed by atoms with Gasteiger partial charge in [0.2, 0.25) is 0 Å². The standard InChI is InChI=1S/C20H17Cl2N3O4/c1-2-28-20(27)19-16(15-8-5-13(22)9-17(15)24-19)10-23-25-18(26)11-29-14-6-3-12(21)4-7-14/h3-10,24H,2,11H2,1H3,(H,25,26)/b23-10+. The smallest absolute Gasteiger partial charge is 0.355 e. The van der Waals surface area contributed by atoms with Crippen LogP contribution in [0.1, 0.15) is 23.0 Å². The number of hydrogen-bond acceptors (Lipinski definition) is 5. The van der Waals surface area contributed by atoms with Gasteiger partial charge in [-0.15, -0.1) is 0 Å². The van der Waals surface area contributed by atoms with Gasteiger partial charge >= 0.3 is 5.97 Å². The number of fused-ring (bicyclic) bond motifs is 1. The van der Waals surface area contributed by atoms with Crippen LogP contribution in [-0.4, -0.2) is 36.3 Å². The minimum Gasteiger partial charge on any atom is -0.484 e. The monoisotopic (exact) mass is 433 g/mol. The lowest BCUT2D eigenvalue weighted by Crippen LogP contribution is -2.24. The van der Waals surface area contributed by atoms with E-state index < -0.39 is 11.9 Å². The third kappa shape index (κ3) is 5.28. The van der Waals surface area contributed by atoms with E-state index in [0.29, 0.717) is 32.3 Å². The van der Waals surface area contributed by atoms with Crippen LogP contribution in [0, 0.1) is 0 Å². The highest BCUT2D eigenvalue weighted by molar-refractivity contribution is 6.31. The van der Waals surface area contributed by atoms with Crippen LogP contribution in [0.25, 0.3) is 10.9 Å². The van der Waals surface area contributed by atoms with Crippen LogP contribution >= 0.6 is 23.2 Å². The highest BCUT2D eigenvalue weighted by Crippen LogP contribution is 2.25. The first-order valence-electron chi connectivity index (χ1n) is 8.66. The lowest BCUT2D eigenvalue weighted by molar-refractivity contribution is -0.123. The number of aromatic amines is 1. The molecule has 0 aliphatic heterocycles. The molecule has 0 bridgehead atoms. The number of carbonyl (C=O) groups excluding carboxylic acids is 2. The molecule has 2 aromatic carbocycles. The van der Waals surface area contributed by atoms with Crippen molar-refractivity contribution >= 4 is 52.2 Å². The van der Waals surface area contributed by atoms with E-state index in [-0.39, 0.29) is 18.9 Å². The van der Waals surface area contributed by atoms with Gasteiger partial charge in [0.25, 0.3) is 5.91 Å². The van der Waals surface area contributed by atoms with E-state index in [1.165, 1.54) is 6.21 Å². The van der Waals surface area contributed by atoms with Crippen molar-refractivity contribution in [3.63, 3.8) is 0 Å². The molecule has 0 aliphatic carbocycles. The Balaban J connectivity index is 1.71. The average molecular weight is 434 g/mol. The molecule has 150 valence electrons. The van der Waals surface area contributed by atoms with Crippen LogP contribution in [-0.2, 0) is 9.53 Å². The maximum Gasteiger partial charge on any atom is 0.355 e. The Morgan fingerprint density at radius 2 is 1.86 bits per heavy atom. The summed E-state index contributed by atoms with van der Waals surface area (Å²) >= 11 is 11.8. The molecule has 3 rings (SSSR count). The van der Waals surface area contributed by atoms with E-state index >= 15 is 0 Å². The summed E-state index contributed by atoms with van der Waals surface area (Å²) in [6.07, 6.45) is 1.37. The molecule has 0 fully saturated rings. The number of hydrogen-bond donors (Lipinski definition) is 2. The van der Waals surface area contributed by atoms with E-state index in [4.69, 9.17) is 32.7 Å². The molecule has 0 atom stereocenters. The maximum atomic E-state index is 12.2. The fourth-order valence-electron chi connectivity index (χ4n) is 2.57. The number of nitrogens with one attached hydrogen (secondary N) is 2. The molecule has 0 saturated heterocycles. The average Bonchev–Trinajstić information content (AvgIpc) is 3.05. The first-order valence-corrected chi connectivity index (χ1v) is 9.42. The fraction of sp³-hybridized carbons (Fsp3) is 0.150. The van der Waals surface area contributed by atoms with Crippen LogP contribution in [0.15, 0.2) is 47.6 Å². The van der Waals surface area contributed by atoms with E-state index in [1.54, 1.807) is 49.4 Å². The van der Waals surface area contributed by atoms with E-state index in [9.17, 15) is 9.59 Å². The number of rotatable bonds is 7. The molecule has 1 heterocycles. The highest BCUT2D eigenvalue weighted by atomic mass is 35.5. The Bertz CT molecular complexity index is 1060. The van der Waals surface area contributed by atoms with Crippen LogP contribution < -0.4 is 10.2 Å². The second-order valence-electron chi connectivity index (χ2n) is 5.86. The van der Waals surface area contributed by atoms with Crippen LogP contribution in [0.2, 0.25) is 10.0 Å². The quantitative estimate of drug-likeness (QED) is 0.332. The zero-order valence-corrected chi connectivity index (χ0v) is 16.9. The van der Waals surface area contributed by atoms with Crippen molar-refractivity contribution in [1.82, 2.24) is 10.4 Å². The first kappa shape index (κ1) is 20.7. The predicted octanol–water partition coefficient (Wildman–Crippen LogP) is 4.18. The van der Waals surface area contributed by atoms with Crippen molar-refractivity contribution < 1.29 is 19.1 Å². The molecule has 2 N–H and O–H groups in total. The summed E-state index contributed by atoms with van der Waals surface area (Å²) in [5.41, 5.74) is 3.72. The summed E-state index contributed by atoms with van der Waals surface area (Å²) in [6.45, 7) is 1.71. The predicted molar refractivity (Wildman–Crippen MR) is 112 cm³/mol. The van der Waals surface area contributed by atoms with E-state index in [2.05, 4.69) is 15.5 Å². The molecule has 7 nitrogen and oxygen atoms in total. The fourth-order valence-corrected chi connectivity index (χ4v) is 2.87. The molecule has 1 amide bonds. The number of esters is 1. The normalized spacial score (nSPS) is 11.0. The van der Waals surface area contributed by atoms with Crippen molar-refractivity contribution in [3.05, 3.63) is 63.8 Å². The van der Waals surface area contributed by atoms with Crippen molar-refractivity contribution in [2.24, 2.45) is 5.10 Å². The van der Waals surface area contributed by atoms with Crippen LogP contribution in [0.4, 0.5) is 0 Å². The second-order valence-corrected chi connectivity index (χ2v) is 6.73. The van der Waals surface area contributed by atoms with Gasteiger partial charge in [-0.2, -0.15) is 5.10 Å². The molecule has 0 radical (unpaired) electrons. The molecule has 0 unspecified atom stereocenters. The molecular weight excluding hydrogens is 417 g/mol. The number of aromatic nitrogens is 1. The highest BCUT2D eigenvalue weighted by Gasteiger charge is 2.18. The summed E-state index contributed by atoms with van der Waals surface area (Å²) in [4.78, 5) is 27.2. The van der Waals surface area contributed by atoms with Gasteiger partial charge in [0.1, 0.15) is 11.4 Å². The summed E-state index contributed by atoms with van der Waals surface area (Å²) in [5, 5.41) is 5.74. The summed E-state index contributed by atoms with van der Waals surface area (Å²) in [6, 6.07) is 11.8. The van der Waals surface area contributed by atoms with Crippen molar-refractivity contribution in [2.75, 3.05) is 13.2 Å².